The topological polar surface area (TPSA) is 88.8 Å². The smallest absolute Gasteiger partial charge is 0.406 e. The fraction of sp³-hybridized carbons (Fsp3) is 0.182. The summed E-state index contributed by atoms with van der Waals surface area (Å²) in [6.07, 6.45) is -3.01. The highest BCUT2D eigenvalue weighted by molar-refractivity contribution is 8.03. The summed E-state index contributed by atoms with van der Waals surface area (Å²) in [5, 5.41) is 5.15. The minimum Gasteiger partial charge on any atom is -0.406 e. The van der Waals surface area contributed by atoms with Crippen LogP contribution < -0.4 is 9.64 Å². The van der Waals surface area contributed by atoms with Crippen LogP contribution in [0.5, 0.6) is 5.75 Å². The molecule has 3 amide bonds. The van der Waals surface area contributed by atoms with Gasteiger partial charge in [0.05, 0.1) is 11.7 Å². The van der Waals surface area contributed by atoms with Crippen LogP contribution in [0.2, 0.25) is 0 Å². The highest BCUT2D eigenvalue weighted by Gasteiger charge is 2.48. The Labute approximate surface area is 195 Å². The van der Waals surface area contributed by atoms with Crippen molar-refractivity contribution >= 4 is 29.4 Å². The van der Waals surface area contributed by atoms with Crippen molar-refractivity contribution in [3.05, 3.63) is 72.0 Å². The molecule has 3 aromatic rings. The first-order valence-electron chi connectivity index (χ1n) is 10.0. The zero-order chi connectivity index (χ0) is 23.9. The van der Waals surface area contributed by atoms with Crippen LogP contribution >= 0.6 is 11.8 Å². The second kappa shape index (κ2) is 8.52. The van der Waals surface area contributed by atoms with Crippen molar-refractivity contribution in [2.75, 3.05) is 4.90 Å². The predicted octanol–water partition coefficient (Wildman–Crippen LogP) is 4.60. The minimum atomic E-state index is -4.79. The second-order valence-electron chi connectivity index (χ2n) is 7.38. The maximum atomic E-state index is 13.3. The lowest BCUT2D eigenvalue weighted by molar-refractivity contribution is -0.274. The summed E-state index contributed by atoms with van der Waals surface area (Å²) in [4.78, 5) is 33.2. The molecule has 3 heterocycles. The van der Waals surface area contributed by atoms with Crippen molar-refractivity contribution in [3.63, 3.8) is 0 Å². The number of alkyl halides is 3. The average Bonchev–Trinajstić information content (AvgIpc) is 3.47. The molecule has 0 aliphatic carbocycles. The molecule has 1 fully saturated rings. The number of thioether (sulfide) groups is 1. The molecule has 2 aliphatic heterocycles. The molecule has 1 aromatic heterocycles. The van der Waals surface area contributed by atoms with Crippen LogP contribution in [0.3, 0.4) is 0 Å². The first-order valence-corrected chi connectivity index (χ1v) is 10.9. The lowest BCUT2D eigenvalue weighted by Crippen LogP contribution is -2.61. The van der Waals surface area contributed by atoms with Gasteiger partial charge in [0.15, 0.2) is 0 Å². The largest absolute Gasteiger partial charge is 0.573 e. The van der Waals surface area contributed by atoms with Crippen LogP contribution in [-0.2, 0) is 11.3 Å². The lowest BCUT2D eigenvalue weighted by Gasteiger charge is -2.40. The van der Waals surface area contributed by atoms with Crippen LogP contribution in [0.25, 0.3) is 11.4 Å². The number of benzene rings is 2. The van der Waals surface area contributed by atoms with Crippen molar-refractivity contribution in [1.82, 2.24) is 15.0 Å². The van der Waals surface area contributed by atoms with E-state index in [0.717, 1.165) is 17.0 Å². The van der Waals surface area contributed by atoms with Crippen LogP contribution in [0.4, 0.5) is 23.7 Å². The number of carbonyl (C=O) groups excluding carboxylic acids is 2. The number of anilines is 1. The van der Waals surface area contributed by atoms with Gasteiger partial charge in [-0.2, -0.15) is 4.98 Å². The van der Waals surface area contributed by atoms with E-state index in [0.29, 0.717) is 11.3 Å². The van der Waals surface area contributed by atoms with Crippen molar-refractivity contribution in [3.8, 4) is 17.1 Å². The number of ether oxygens (including phenoxy) is 1. The van der Waals surface area contributed by atoms with E-state index in [9.17, 15) is 22.8 Å². The molecular formula is C22H15F3N4O4S. The molecule has 1 saturated heterocycles. The summed E-state index contributed by atoms with van der Waals surface area (Å²) in [5.74, 6) is -0.423. The van der Waals surface area contributed by atoms with E-state index in [-0.39, 0.29) is 29.9 Å². The van der Waals surface area contributed by atoms with Crippen molar-refractivity contribution in [1.29, 1.82) is 0 Å². The van der Waals surface area contributed by atoms with Gasteiger partial charge in [-0.1, -0.05) is 29.4 Å². The molecular weight excluding hydrogens is 473 g/mol. The van der Waals surface area contributed by atoms with E-state index in [1.807, 2.05) is 0 Å². The molecule has 0 spiro atoms. The number of aromatic nitrogens is 2. The quantitative estimate of drug-likeness (QED) is 0.519. The lowest BCUT2D eigenvalue weighted by atomic mass is 10.1. The number of hydrogen-bond donors (Lipinski definition) is 0. The Morgan fingerprint density at radius 2 is 1.79 bits per heavy atom. The van der Waals surface area contributed by atoms with Crippen LogP contribution in [0.1, 0.15) is 5.89 Å². The fourth-order valence-corrected chi connectivity index (χ4v) is 4.76. The number of nitrogens with zero attached hydrogens (tertiary/aromatic N) is 4. The molecule has 0 radical (unpaired) electrons. The summed E-state index contributed by atoms with van der Waals surface area (Å²) in [6.45, 7) is -0.0518. The molecule has 0 N–H and O–H groups in total. The number of halogens is 3. The molecule has 34 heavy (non-hydrogen) atoms. The second-order valence-corrected chi connectivity index (χ2v) is 8.43. The highest BCUT2D eigenvalue weighted by atomic mass is 32.2. The molecule has 174 valence electrons. The van der Waals surface area contributed by atoms with Gasteiger partial charge in [-0.3, -0.25) is 4.79 Å². The van der Waals surface area contributed by atoms with Gasteiger partial charge in [-0.25, -0.2) is 9.69 Å². The maximum absolute atomic E-state index is 13.3. The zero-order valence-corrected chi connectivity index (χ0v) is 18.0. The van der Waals surface area contributed by atoms with Gasteiger partial charge < -0.3 is 14.2 Å². The SMILES string of the molecule is O=C1C2SC=CC2N(Cc2nc(-c3ccc(OC(F)(F)F)cc3)no2)C(=O)N1c1ccccc1. The van der Waals surface area contributed by atoms with Gasteiger partial charge >= 0.3 is 12.4 Å². The van der Waals surface area contributed by atoms with E-state index in [2.05, 4.69) is 14.9 Å². The van der Waals surface area contributed by atoms with Crippen LogP contribution in [-0.4, -0.2) is 44.6 Å². The van der Waals surface area contributed by atoms with Gasteiger partial charge in [0.1, 0.15) is 17.5 Å². The highest BCUT2D eigenvalue weighted by Crippen LogP contribution is 2.37. The Morgan fingerprint density at radius 1 is 1.06 bits per heavy atom. The van der Waals surface area contributed by atoms with Gasteiger partial charge in [-0.15, -0.1) is 24.9 Å². The summed E-state index contributed by atoms with van der Waals surface area (Å²) >= 11 is 1.33. The zero-order valence-electron chi connectivity index (χ0n) is 17.2. The Morgan fingerprint density at radius 3 is 2.50 bits per heavy atom. The van der Waals surface area contributed by atoms with Crippen LogP contribution in [0.15, 0.2) is 70.6 Å². The van der Waals surface area contributed by atoms with Crippen molar-refractivity contribution < 1.29 is 32.0 Å². The predicted molar refractivity (Wildman–Crippen MR) is 116 cm³/mol. The van der Waals surface area contributed by atoms with E-state index in [1.165, 1.54) is 28.8 Å². The Balaban J connectivity index is 1.37. The summed E-state index contributed by atoms with van der Waals surface area (Å²) in [7, 11) is 0. The number of para-hydroxylation sites is 1. The molecule has 2 atom stereocenters. The molecule has 2 aliphatic rings. The van der Waals surface area contributed by atoms with Crippen LogP contribution in [0, 0.1) is 0 Å². The number of urea groups is 1. The molecule has 2 unspecified atom stereocenters. The summed E-state index contributed by atoms with van der Waals surface area (Å²) in [6, 6.07) is 12.6. The Bertz CT molecular complexity index is 1250. The third kappa shape index (κ3) is 4.23. The van der Waals surface area contributed by atoms with Gasteiger partial charge in [0.25, 0.3) is 5.91 Å². The standard InChI is InChI=1S/C22H15F3N4O4S/c23-22(24,25)32-15-8-6-13(7-9-15)19-26-17(33-27-19)12-28-16-10-11-34-18(16)20(30)29(21(28)31)14-4-2-1-3-5-14/h1-11,16,18H,12H2. The van der Waals surface area contributed by atoms with E-state index in [4.69, 9.17) is 4.52 Å². The van der Waals surface area contributed by atoms with Gasteiger partial charge in [-0.05, 0) is 41.8 Å². The molecule has 2 aromatic carbocycles. The molecule has 12 heteroatoms. The van der Waals surface area contributed by atoms with Gasteiger partial charge in [0.2, 0.25) is 11.7 Å². The average molecular weight is 488 g/mol. The molecule has 0 saturated carbocycles. The van der Waals surface area contributed by atoms with Crippen molar-refractivity contribution in [2.45, 2.75) is 24.2 Å². The monoisotopic (exact) mass is 488 g/mol. The van der Waals surface area contributed by atoms with E-state index < -0.39 is 23.7 Å². The first-order chi connectivity index (χ1) is 16.3. The number of amides is 3. The maximum Gasteiger partial charge on any atom is 0.573 e. The number of imide groups is 1. The molecule has 0 bridgehead atoms. The number of hydrogen-bond acceptors (Lipinski definition) is 7. The normalized spacial score (nSPS) is 20.1. The number of carbonyl (C=O) groups is 2. The Kier molecular flexibility index (Phi) is 5.52. The fourth-order valence-electron chi connectivity index (χ4n) is 3.72. The van der Waals surface area contributed by atoms with Crippen molar-refractivity contribution in [2.24, 2.45) is 0 Å². The third-order valence-electron chi connectivity index (χ3n) is 5.21. The number of fused-ring (bicyclic) bond motifs is 1. The van der Waals surface area contributed by atoms with E-state index >= 15 is 0 Å². The first kappa shape index (κ1) is 22.0. The van der Waals surface area contributed by atoms with Gasteiger partial charge in [0, 0.05) is 5.56 Å². The summed E-state index contributed by atoms with van der Waals surface area (Å²) in [5.41, 5.74) is 0.866. The summed E-state index contributed by atoms with van der Waals surface area (Å²) < 4.78 is 46.2. The molecule has 5 rings (SSSR count). The Hall–Kier alpha value is -3.80. The molecule has 8 nitrogen and oxygen atoms in total. The third-order valence-corrected chi connectivity index (χ3v) is 6.29. The number of rotatable bonds is 5. The minimum absolute atomic E-state index is 0.0518. The van der Waals surface area contributed by atoms with E-state index in [1.54, 1.807) is 41.8 Å².